The maximum absolute atomic E-state index is 5.72. The fourth-order valence-corrected chi connectivity index (χ4v) is 3.39. The molecule has 1 aliphatic carbocycles. The summed E-state index contributed by atoms with van der Waals surface area (Å²) in [5.74, 6) is 1.46. The molecule has 1 saturated carbocycles. The maximum Gasteiger partial charge on any atom is 0.0759 e. The van der Waals surface area contributed by atoms with Crippen LogP contribution in [0.2, 0.25) is 0 Å². The monoisotopic (exact) mass is 240 g/mol. The van der Waals surface area contributed by atoms with E-state index >= 15 is 0 Å². The van der Waals surface area contributed by atoms with Crippen LogP contribution in [0.4, 0.5) is 0 Å². The fourth-order valence-electron chi connectivity index (χ4n) is 3.16. The topological polar surface area (TPSA) is 29.3 Å². The van der Waals surface area contributed by atoms with Crippen LogP contribution in [0.15, 0.2) is 0 Å². The van der Waals surface area contributed by atoms with Crippen LogP contribution in [0.3, 0.4) is 0 Å². The van der Waals surface area contributed by atoms with Gasteiger partial charge in [0.15, 0.2) is 0 Å². The van der Waals surface area contributed by atoms with Gasteiger partial charge in [0.1, 0.15) is 0 Å². The van der Waals surface area contributed by atoms with Crippen LogP contribution < -0.4 is 5.73 Å². The Morgan fingerprint density at radius 1 is 1.06 bits per heavy atom. The van der Waals surface area contributed by atoms with Gasteiger partial charge in [-0.3, -0.25) is 0 Å². The molecule has 0 aromatic carbocycles. The molecule has 0 atom stereocenters. The molecule has 16 heavy (non-hydrogen) atoms. The molecule has 0 amide bonds. The first-order valence-electron chi connectivity index (χ1n) is 6.70. The first-order chi connectivity index (χ1) is 7.66. The highest BCUT2D eigenvalue weighted by atomic mass is 32.1. The summed E-state index contributed by atoms with van der Waals surface area (Å²) in [4.78, 5) is 3.41. The molecule has 0 unspecified atom stereocenters. The summed E-state index contributed by atoms with van der Waals surface area (Å²) < 4.78 is 0. The second-order valence-corrected chi connectivity index (χ2v) is 6.10. The predicted molar refractivity (Wildman–Crippen MR) is 72.5 cm³/mol. The molecule has 0 aromatic rings. The summed E-state index contributed by atoms with van der Waals surface area (Å²) in [7, 11) is 0. The van der Waals surface area contributed by atoms with Crippen molar-refractivity contribution >= 4 is 17.2 Å². The third kappa shape index (κ3) is 2.95. The number of nitrogens with zero attached hydrogens (tertiary/aromatic N) is 1. The number of piperidine rings is 1. The van der Waals surface area contributed by atoms with Crippen LogP contribution in [0, 0.1) is 11.8 Å². The molecule has 2 aliphatic rings. The molecule has 2 fully saturated rings. The number of hydrogen-bond acceptors (Lipinski definition) is 2. The van der Waals surface area contributed by atoms with Gasteiger partial charge < -0.3 is 10.6 Å². The van der Waals surface area contributed by atoms with E-state index in [0.29, 0.717) is 5.92 Å². The summed E-state index contributed by atoms with van der Waals surface area (Å²) in [6.45, 7) is 4.80. The molecule has 92 valence electrons. The zero-order chi connectivity index (χ0) is 11.5. The Bertz CT molecular complexity index is 238. The van der Waals surface area contributed by atoms with E-state index in [1.807, 2.05) is 0 Å². The van der Waals surface area contributed by atoms with E-state index in [4.69, 9.17) is 18.0 Å². The van der Waals surface area contributed by atoms with Crippen molar-refractivity contribution in [3.05, 3.63) is 0 Å². The van der Waals surface area contributed by atoms with Crippen LogP contribution in [0.25, 0.3) is 0 Å². The number of rotatable bonds is 2. The lowest BCUT2D eigenvalue weighted by molar-refractivity contribution is 0.109. The predicted octanol–water partition coefficient (Wildman–Crippen LogP) is 2.56. The summed E-state index contributed by atoms with van der Waals surface area (Å²) >= 11 is 5.09. The van der Waals surface area contributed by atoms with Crippen molar-refractivity contribution in [1.82, 2.24) is 4.90 Å². The standard InChI is InChI=1S/C13H24N2S/c1-10-2-4-12(5-3-10)15-8-6-11(7-9-15)13(14)16/h10-12H,2-9H2,1H3,(H2,14,16). The van der Waals surface area contributed by atoms with E-state index in [0.717, 1.165) is 16.9 Å². The summed E-state index contributed by atoms with van der Waals surface area (Å²) in [6.07, 6.45) is 8.00. The minimum atomic E-state index is 0.508. The van der Waals surface area contributed by atoms with Crippen LogP contribution in [-0.2, 0) is 0 Å². The van der Waals surface area contributed by atoms with E-state index in [9.17, 15) is 0 Å². The van der Waals surface area contributed by atoms with Gasteiger partial charge in [-0.05, 0) is 57.5 Å². The molecule has 2 N–H and O–H groups in total. The average molecular weight is 240 g/mol. The van der Waals surface area contributed by atoms with E-state index in [-0.39, 0.29) is 0 Å². The SMILES string of the molecule is CC1CCC(N2CCC(C(N)=S)CC2)CC1. The molecule has 3 heteroatoms. The van der Waals surface area contributed by atoms with Crippen molar-refractivity contribution < 1.29 is 0 Å². The molecule has 0 spiro atoms. The first-order valence-corrected chi connectivity index (χ1v) is 7.11. The quantitative estimate of drug-likeness (QED) is 0.752. The highest BCUT2D eigenvalue weighted by Gasteiger charge is 2.28. The number of hydrogen-bond donors (Lipinski definition) is 1. The van der Waals surface area contributed by atoms with Crippen molar-refractivity contribution in [1.29, 1.82) is 0 Å². The van der Waals surface area contributed by atoms with E-state index < -0.39 is 0 Å². The van der Waals surface area contributed by atoms with E-state index in [1.165, 1.54) is 51.6 Å². The average Bonchev–Trinajstić information content (AvgIpc) is 2.30. The summed E-state index contributed by atoms with van der Waals surface area (Å²) in [6, 6.07) is 0.850. The van der Waals surface area contributed by atoms with Gasteiger partial charge in [-0.15, -0.1) is 0 Å². The Hall–Kier alpha value is -0.150. The molecule has 1 saturated heterocycles. The lowest BCUT2D eigenvalue weighted by Crippen LogP contribution is -2.44. The van der Waals surface area contributed by atoms with Gasteiger partial charge in [0.2, 0.25) is 0 Å². The minimum absolute atomic E-state index is 0.508. The third-order valence-electron chi connectivity index (χ3n) is 4.43. The molecule has 1 heterocycles. The highest BCUT2D eigenvalue weighted by Crippen LogP contribution is 2.29. The fraction of sp³-hybridized carbons (Fsp3) is 0.923. The smallest absolute Gasteiger partial charge is 0.0759 e. The van der Waals surface area contributed by atoms with E-state index in [1.54, 1.807) is 0 Å². The summed E-state index contributed by atoms with van der Waals surface area (Å²) in [5.41, 5.74) is 5.72. The molecule has 2 rings (SSSR count). The van der Waals surface area contributed by atoms with Crippen LogP contribution >= 0.6 is 12.2 Å². The molecular weight excluding hydrogens is 216 g/mol. The number of likely N-dealkylation sites (tertiary alicyclic amines) is 1. The zero-order valence-electron chi connectivity index (χ0n) is 10.3. The second-order valence-electron chi connectivity index (χ2n) is 5.63. The molecular formula is C13H24N2S. The van der Waals surface area contributed by atoms with Crippen molar-refractivity contribution in [2.75, 3.05) is 13.1 Å². The van der Waals surface area contributed by atoms with Crippen LogP contribution in [-0.4, -0.2) is 29.0 Å². The van der Waals surface area contributed by atoms with Crippen molar-refractivity contribution in [3.63, 3.8) is 0 Å². The normalized spacial score (nSPS) is 33.8. The van der Waals surface area contributed by atoms with E-state index in [2.05, 4.69) is 11.8 Å². The van der Waals surface area contributed by atoms with Crippen molar-refractivity contribution in [2.45, 2.75) is 51.5 Å². The summed E-state index contributed by atoms with van der Waals surface area (Å²) in [5, 5.41) is 0. The highest BCUT2D eigenvalue weighted by molar-refractivity contribution is 7.80. The molecule has 2 nitrogen and oxygen atoms in total. The van der Waals surface area contributed by atoms with Gasteiger partial charge >= 0.3 is 0 Å². The Kier molecular flexibility index (Phi) is 4.20. The van der Waals surface area contributed by atoms with Crippen molar-refractivity contribution in [2.24, 2.45) is 17.6 Å². The maximum atomic E-state index is 5.72. The molecule has 1 aliphatic heterocycles. The zero-order valence-corrected chi connectivity index (χ0v) is 11.1. The van der Waals surface area contributed by atoms with Gasteiger partial charge in [-0.25, -0.2) is 0 Å². The van der Waals surface area contributed by atoms with Crippen LogP contribution in [0.5, 0.6) is 0 Å². The van der Waals surface area contributed by atoms with Crippen LogP contribution in [0.1, 0.15) is 45.4 Å². The Morgan fingerprint density at radius 3 is 2.12 bits per heavy atom. The van der Waals surface area contributed by atoms with Crippen molar-refractivity contribution in [3.8, 4) is 0 Å². The largest absolute Gasteiger partial charge is 0.393 e. The van der Waals surface area contributed by atoms with Gasteiger partial charge in [0.05, 0.1) is 4.99 Å². The number of thiocarbonyl (C=S) groups is 1. The minimum Gasteiger partial charge on any atom is -0.393 e. The van der Waals surface area contributed by atoms with Gasteiger partial charge in [-0.2, -0.15) is 0 Å². The molecule has 0 radical (unpaired) electrons. The van der Waals surface area contributed by atoms with Gasteiger partial charge in [0, 0.05) is 12.0 Å². The Balaban J connectivity index is 1.78. The first kappa shape index (κ1) is 12.3. The Labute approximate surface area is 105 Å². The molecule has 0 bridgehead atoms. The van der Waals surface area contributed by atoms with Gasteiger partial charge in [-0.1, -0.05) is 19.1 Å². The Morgan fingerprint density at radius 2 is 1.62 bits per heavy atom. The third-order valence-corrected chi connectivity index (χ3v) is 4.77. The molecule has 0 aromatic heterocycles. The number of nitrogens with two attached hydrogens (primary N) is 1. The second kappa shape index (κ2) is 5.46. The van der Waals surface area contributed by atoms with Gasteiger partial charge in [0.25, 0.3) is 0 Å². The lowest BCUT2D eigenvalue weighted by Gasteiger charge is -2.40. The lowest BCUT2D eigenvalue weighted by atomic mass is 9.85.